The van der Waals surface area contributed by atoms with Crippen LogP contribution in [0.1, 0.15) is 28.3 Å². The number of rotatable bonds is 7. The Kier molecular flexibility index (Phi) is 6.56. The Labute approximate surface area is 213 Å². The van der Waals surface area contributed by atoms with Crippen molar-refractivity contribution in [3.8, 4) is 17.2 Å². The van der Waals surface area contributed by atoms with Gasteiger partial charge in [0.1, 0.15) is 17.3 Å². The number of likely N-dealkylation sites (tertiary alicyclic amines) is 1. The third-order valence-electron chi connectivity index (χ3n) is 6.78. The average molecular weight is 504 g/mol. The van der Waals surface area contributed by atoms with Crippen LogP contribution >= 0.6 is 0 Å². The van der Waals surface area contributed by atoms with Gasteiger partial charge in [-0.3, -0.25) is 9.59 Å². The summed E-state index contributed by atoms with van der Waals surface area (Å²) in [6, 6.07) is 15.5. The molecule has 0 aromatic heterocycles. The molecule has 1 N–H and O–H groups in total. The van der Waals surface area contributed by atoms with Gasteiger partial charge in [-0.15, -0.1) is 0 Å². The third kappa shape index (κ3) is 4.50. The molecule has 0 radical (unpaired) electrons. The molecule has 2 heterocycles. The lowest BCUT2D eigenvalue weighted by Crippen LogP contribution is -2.31. The number of carbonyl (C=O) groups excluding carboxylic acids is 2. The van der Waals surface area contributed by atoms with Crippen molar-refractivity contribution >= 4 is 17.4 Å². The van der Waals surface area contributed by atoms with Crippen molar-refractivity contribution in [2.24, 2.45) is 0 Å². The van der Waals surface area contributed by atoms with Crippen molar-refractivity contribution in [2.75, 3.05) is 27.4 Å². The van der Waals surface area contributed by atoms with Gasteiger partial charge in [-0.2, -0.15) is 0 Å². The molecule has 0 aliphatic carbocycles. The van der Waals surface area contributed by atoms with E-state index in [-0.39, 0.29) is 23.7 Å². The zero-order valence-electron chi connectivity index (χ0n) is 20.5. The van der Waals surface area contributed by atoms with Crippen molar-refractivity contribution in [3.05, 3.63) is 94.3 Å². The van der Waals surface area contributed by atoms with Gasteiger partial charge in [-0.1, -0.05) is 18.2 Å². The summed E-state index contributed by atoms with van der Waals surface area (Å²) in [4.78, 5) is 28.1. The fraction of sp³-hybridized carbons (Fsp3) is 0.241. The van der Waals surface area contributed by atoms with Crippen LogP contribution in [0.5, 0.6) is 17.2 Å². The molecule has 2 aliphatic heterocycles. The molecule has 7 nitrogen and oxygen atoms in total. The zero-order valence-corrected chi connectivity index (χ0v) is 20.5. The molecule has 1 unspecified atom stereocenters. The Hall–Kier alpha value is -4.33. The normalized spacial score (nSPS) is 18.0. The molecule has 2 aliphatic rings. The van der Waals surface area contributed by atoms with Gasteiger partial charge in [0.2, 0.25) is 0 Å². The van der Waals surface area contributed by atoms with Crippen LogP contribution in [0.2, 0.25) is 0 Å². The summed E-state index contributed by atoms with van der Waals surface area (Å²) >= 11 is 0. The van der Waals surface area contributed by atoms with E-state index in [0.717, 1.165) is 16.9 Å². The minimum atomic E-state index is -0.857. The van der Waals surface area contributed by atoms with Crippen LogP contribution in [0.15, 0.2) is 66.2 Å². The van der Waals surface area contributed by atoms with E-state index in [2.05, 4.69) is 0 Å². The molecular formula is C29H26FNO6. The second-order valence-electron chi connectivity index (χ2n) is 8.90. The molecule has 1 amide bonds. The van der Waals surface area contributed by atoms with Crippen LogP contribution in [-0.4, -0.2) is 49.1 Å². The van der Waals surface area contributed by atoms with Crippen LogP contribution in [0.3, 0.4) is 0 Å². The van der Waals surface area contributed by atoms with Gasteiger partial charge in [0, 0.05) is 18.5 Å². The number of Topliss-reactive ketones (excluding diaryl/α,β-unsaturated/α-hetero) is 1. The summed E-state index contributed by atoms with van der Waals surface area (Å²) in [6.45, 7) is 0.739. The summed E-state index contributed by atoms with van der Waals surface area (Å²) in [5.41, 5.74) is 2.76. The monoisotopic (exact) mass is 503 g/mol. The van der Waals surface area contributed by atoms with Crippen LogP contribution < -0.4 is 14.2 Å². The van der Waals surface area contributed by atoms with Crippen molar-refractivity contribution in [1.82, 2.24) is 4.90 Å². The number of methoxy groups -OCH3 is 2. The standard InChI is InChI=1S/C29H26FNO6/c1-35-23-10-5-19(16-24(23)36-2)26-25(27(32)20-6-9-22-18(15-20)12-14-37-22)28(33)29(34)31(26)13-11-17-3-7-21(30)8-4-17/h3-10,15-16,26,32H,11-14H2,1-2H3/b27-25+. The number of amides is 1. The molecule has 3 aromatic rings. The molecule has 37 heavy (non-hydrogen) atoms. The quantitative estimate of drug-likeness (QED) is 0.292. The third-order valence-corrected chi connectivity index (χ3v) is 6.78. The van der Waals surface area contributed by atoms with Gasteiger partial charge in [0.05, 0.1) is 32.4 Å². The van der Waals surface area contributed by atoms with E-state index in [1.165, 1.54) is 31.3 Å². The Morgan fingerprint density at radius 2 is 1.78 bits per heavy atom. The van der Waals surface area contributed by atoms with E-state index in [0.29, 0.717) is 42.1 Å². The Morgan fingerprint density at radius 3 is 2.51 bits per heavy atom. The van der Waals surface area contributed by atoms with Crippen LogP contribution in [-0.2, 0) is 22.4 Å². The maximum Gasteiger partial charge on any atom is 0.295 e. The number of ketones is 1. The molecule has 0 bridgehead atoms. The number of nitrogens with zero attached hydrogens (tertiary/aromatic N) is 1. The van der Waals surface area contributed by atoms with Crippen molar-refractivity contribution < 1.29 is 33.3 Å². The molecule has 1 fully saturated rings. The van der Waals surface area contributed by atoms with E-state index < -0.39 is 17.7 Å². The summed E-state index contributed by atoms with van der Waals surface area (Å²) < 4.78 is 29.7. The van der Waals surface area contributed by atoms with E-state index >= 15 is 0 Å². The number of halogens is 1. The van der Waals surface area contributed by atoms with E-state index in [1.807, 2.05) is 0 Å². The molecule has 5 rings (SSSR count). The smallest absolute Gasteiger partial charge is 0.295 e. The number of carbonyl (C=O) groups is 2. The number of hydrogen-bond donors (Lipinski definition) is 1. The molecule has 0 saturated carbocycles. The molecule has 190 valence electrons. The van der Waals surface area contributed by atoms with Gasteiger partial charge in [-0.25, -0.2) is 4.39 Å². The maximum atomic E-state index is 13.4. The highest BCUT2D eigenvalue weighted by Gasteiger charge is 2.46. The lowest BCUT2D eigenvalue weighted by atomic mass is 9.94. The van der Waals surface area contributed by atoms with Crippen molar-refractivity contribution in [2.45, 2.75) is 18.9 Å². The first kappa shape index (κ1) is 24.4. The fourth-order valence-electron chi connectivity index (χ4n) is 4.87. The summed E-state index contributed by atoms with van der Waals surface area (Å²) in [5.74, 6) is -0.424. The predicted molar refractivity (Wildman–Crippen MR) is 134 cm³/mol. The topological polar surface area (TPSA) is 85.3 Å². The first-order valence-corrected chi connectivity index (χ1v) is 11.9. The fourth-order valence-corrected chi connectivity index (χ4v) is 4.87. The van der Waals surface area contributed by atoms with E-state index in [4.69, 9.17) is 14.2 Å². The number of hydrogen-bond acceptors (Lipinski definition) is 6. The van der Waals surface area contributed by atoms with Crippen molar-refractivity contribution in [3.63, 3.8) is 0 Å². The van der Waals surface area contributed by atoms with Gasteiger partial charge in [-0.05, 0) is 65.6 Å². The van der Waals surface area contributed by atoms with Crippen LogP contribution in [0.4, 0.5) is 4.39 Å². The van der Waals surface area contributed by atoms with Gasteiger partial charge in [0.15, 0.2) is 11.5 Å². The predicted octanol–water partition coefficient (Wildman–Crippen LogP) is 4.44. The SMILES string of the molecule is COc1ccc(C2/C(=C(\O)c3ccc4c(c3)CCO4)C(=O)C(=O)N2CCc2ccc(F)cc2)cc1OC. The van der Waals surface area contributed by atoms with Gasteiger partial charge < -0.3 is 24.2 Å². The molecule has 1 atom stereocenters. The van der Waals surface area contributed by atoms with Gasteiger partial charge >= 0.3 is 0 Å². The van der Waals surface area contributed by atoms with Gasteiger partial charge in [0.25, 0.3) is 11.7 Å². The second-order valence-corrected chi connectivity index (χ2v) is 8.90. The largest absolute Gasteiger partial charge is 0.507 e. The maximum absolute atomic E-state index is 13.4. The molecular weight excluding hydrogens is 477 g/mol. The number of aliphatic hydroxyl groups is 1. The van der Waals surface area contributed by atoms with E-state index in [1.54, 1.807) is 48.5 Å². The van der Waals surface area contributed by atoms with Crippen molar-refractivity contribution in [1.29, 1.82) is 0 Å². The first-order chi connectivity index (χ1) is 17.9. The lowest BCUT2D eigenvalue weighted by molar-refractivity contribution is -0.139. The Bertz CT molecular complexity index is 1400. The Balaban J connectivity index is 1.59. The van der Waals surface area contributed by atoms with Crippen LogP contribution in [0, 0.1) is 5.82 Å². The summed E-state index contributed by atoms with van der Waals surface area (Å²) in [7, 11) is 3.02. The van der Waals surface area contributed by atoms with Crippen LogP contribution in [0.25, 0.3) is 5.76 Å². The highest BCUT2D eigenvalue weighted by atomic mass is 19.1. The summed E-state index contributed by atoms with van der Waals surface area (Å²) in [6.07, 6.45) is 1.09. The van der Waals surface area contributed by atoms with E-state index in [9.17, 15) is 19.1 Å². The lowest BCUT2D eigenvalue weighted by Gasteiger charge is -2.26. The number of fused-ring (bicyclic) bond motifs is 1. The highest BCUT2D eigenvalue weighted by Crippen LogP contribution is 2.42. The average Bonchev–Trinajstić information content (AvgIpc) is 3.49. The molecule has 0 spiro atoms. The number of aliphatic hydroxyl groups excluding tert-OH is 1. The minimum Gasteiger partial charge on any atom is -0.507 e. The minimum absolute atomic E-state index is 0.00445. The number of benzene rings is 3. The molecule has 3 aromatic carbocycles. The zero-order chi connectivity index (χ0) is 26.1. The second kappa shape index (κ2) is 9.97. The molecule has 8 heteroatoms. The first-order valence-electron chi connectivity index (χ1n) is 11.9. The highest BCUT2D eigenvalue weighted by molar-refractivity contribution is 6.46. The summed E-state index contributed by atoms with van der Waals surface area (Å²) in [5, 5.41) is 11.4. The Morgan fingerprint density at radius 1 is 1.03 bits per heavy atom. The number of ether oxygens (including phenoxy) is 3. The molecule has 1 saturated heterocycles.